The summed E-state index contributed by atoms with van der Waals surface area (Å²) in [7, 11) is 0. The summed E-state index contributed by atoms with van der Waals surface area (Å²) in [6, 6.07) is 17.6. The molecule has 2 aromatic rings. The molecule has 20 heavy (non-hydrogen) atoms. The number of ether oxygens (including phenoxy) is 1. The number of rotatable bonds is 1. The number of carbonyl (C=O) groups excluding carboxylic acids is 1. The largest absolute Gasteiger partial charge is 0.415 e. The van der Waals surface area contributed by atoms with E-state index < -0.39 is 0 Å². The summed E-state index contributed by atoms with van der Waals surface area (Å²) >= 11 is 0. The van der Waals surface area contributed by atoms with E-state index in [-0.39, 0.29) is 6.09 Å². The minimum absolute atomic E-state index is 0.260. The van der Waals surface area contributed by atoms with Crippen molar-refractivity contribution in [3.05, 3.63) is 65.7 Å². The molecular weight excluding hydrogens is 250 g/mol. The van der Waals surface area contributed by atoms with Gasteiger partial charge < -0.3 is 9.64 Å². The van der Waals surface area contributed by atoms with Crippen LogP contribution in [-0.2, 0) is 12.8 Å². The third-order valence-corrected chi connectivity index (χ3v) is 3.63. The highest BCUT2D eigenvalue weighted by molar-refractivity contribution is 5.70. The van der Waals surface area contributed by atoms with Crippen molar-refractivity contribution in [3.63, 3.8) is 0 Å². The van der Waals surface area contributed by atoms with E-state index in [0.717, 1.165) is 12.8 Å². The van der Waals surface area contributed by atoms with Crippen LogP contribution in [0.5, 0.6) is 5.75 Å². The van der Waals surface area contributed by atoms with E-state index >= 15 is 0 Å². The summed E-state index contributed by atoms with van der Waals surface area (Å²) in [5.41, 5.74) is 2.67. The topological polar surface area (TPSA) is 29.5 Å². The highest BCUT2D eigenvalue weighted by Gasteiger charge is 2.19. The number of hydrogen-bond donors (Lipinski definition) is 0. The minimum Gasteiger partial charge on any atom is -0.410 e. The molecule has 0 radical (unpaired) electrons. The van der Waals surface area contributed by atoms with Gasteiger partial charge in [0.25, 0.3) is 0 Å². The van der Waals surface area contributed by atoms with E-state index in [2.05, 4.69) is 24.3 Å². The van der Waals surface area contributed by atoms with Crippen LogP contribution in [0.3, 0.4) is 0 Å². The molecule has 0 fully saturated rings. The quantitative estimate of drug-likeness (QED) is 0.793. The Labute approximate surface area is 118 Å². The molecule has 0 saturated heterocycles. The number of hydrogen-bond acceptors (Lipinski definition) is 2. The Kier molecular flexibility index (Phi) is 3.68. The van der Waals surface area contributed by atoms with Crippen molar-refractivity contribution in [2.45, 2.75) is 12.8 Å². The number of benzene rings is 2. The number of para-hydroxylation sites is 1. The first-order valence-corrected chi connectivity index (χ1v) is 6.91. The van der Waals surface area contributed by atoms with Gasteiger partial charge in [-0.25, -0.2) is 4.79 Å². The summed E-state index contributed by atoms with van der Waals surface area (Å²) in [5.74, 6) is 0.597. The first-order valence-electron chi connectivity index (χ1n) is 6.91. The van der Waals surface area contributed by atoms with Gasteiger partial charge in [-0.3, -0.25) is 0 Å². The fraction of sp³-hybridized carbons (Fsp3) is 0.235. The number of nitrogens with zero attached hydrogens (tertiary/aromatic N) is 1. The molecule has 3 heteroatoms. The molecule has 0 unspecified atom stereocenters. The first-order chi connectivity index (χ1) is 9.83. The average Bonchev–Trinajstić information content (AvgIpc) is 2.71. The van der Waals surface area contributed by atoms with Gasteiger partial charge in [0.15, 0.2) is 0 Å². The molecule has 2 aromatic carbocycles. The summed E-state index contributed by atoms with van der Waals surface area (Å²) in [6.45, 7) is 1.42. The fourth-order valence-electron chi connectivity index (χ4n) is 2.50. The van der Waals surface area contributed by atoms with E-state index in [4.69, 9.17) is 4.74 Å². The molecule has 0 bridgehead atoms. The predicted molar refractivity (Wildman–Crippen MR) is 77.9 cm³/mol. The maximum atomic E-state index is 12.2. The maximum absolute atomic E-state index is 12.2. The second kappa shape index (κ2) is 5.78. The maximum Gasteiger partial charge on any atom is 0.415 e. The van der Waals surface area contributed by atoms with Crippen LogP contribution in [0.4, 0.5) is 4.79 Å². The molecule has 0 N–H and O–H groups in total. The molecule has 3 rings (SSSR count). The minimum atomic E-state index is -0.260. The van der Waals surface area contributed by atoms with Crippen LogP contribution < -0.4 is 4.74 Å². The normalized spacial score (nSPS) is 14.3. The molecule has 1 heterocycles. The fourth-order valence-corrected chi connectivity index (χ4v) is 2.50. The van der Waals surface area contributed by atoms with Crippen LogP contribution in [0, 0.1) is 0 Å². The predicted octanol–water partition coefficient (Wildman–Crippen LogP) is 3.29. The lowest BCUT2D eigenvalue weighted by molar-refractivity contribution is 0.154. The van der Waals surface area contributed by atoms with Crippen LogP contribution in [0.25, 0.3) is 0 Å². The van der Waals surface area contributed by atoms with Crippen molar-refractivity contribution in [2.75, 3.05) is 13.1 Å². The molecule has 1 aliphatic heterocycles. The lowest BCUT2D eigenvalue weighted by Gasteiger charge is -2.19. The van der Waals surface area contributed by atoms with E-state index in [1.807, 2.05) is 18.2 Å². The number of amides is 1. The van der Waals surface area contributed by atoms with Crippen LogP contribution in [0.2, 0.25) is 0 Å². The van der Waals surface area contributed by atoms with Gasteiger partial charge in [0.1, 0.15) is 5.75 Å². The van der Waals surface area contributed by atoms with E-state index in [1.165, 1.54) is 11.1 Å². The zero-order chi connectivity index (χ0) is 13.8. The lowest BCUT2D eigenvalue weighted by Crippen LogP contribution is -2.35. The Hall–Kier alpha value is -2.29. The molecule has 0 aliphatic carbocycles. The van der Waals surface area contributed by atoms with Gasteiger partial charge in [0, 0.05) is 13.1 Å². The van der Waals surface area contributed by atoms with Crippen molar-refractivity contribution in [1.29, 1.82) is 0 Å². The Morgan fingerprint density at radius 1 is 0.850 bits per heavy atom. The third kappa shape index (κ3) is 2.82. The van der Waals surface area contributed by atoms with Crippen LogP contribution >= 0.6 is 0 Å². The zero-order valence-electron chi connectivity index (χ0n) is 11.3. The number of carbonyl (C=O) groups is 1. The number of fused-ring (bicyclic) bond motifs is 1. The summed E-state index contributed by atoms with van der Waals surface area (Å²) in [6.07, 6.45) is 1.52. The molecule has 0 spiro atoms. The van der Waals surface area contributed by atoms with Gasteiger partial charge in [-0.1, -0.05) is 42.5 Å². The molecule has 3 nitrogen and oxygen atoms in total. The van der Waals surface area contributed by atoms with Crippen molar-refractivity contribution < 1.29 is 9.53 Å². The van der Waals surface area contributed by atoms with Gasteiger partial charge in [0.2, 0.25) is 0 Å². The summed E-state index contributed by atoms with van der Waals surface area (Å²) < 4.78 is 5.40. The summed E-state index contributed by atoms with van der Waals surface area (Å²) in [4.78, 5) is 14.0. The summed E-state index contributed by atoms with van der Waals surface area (Å²) in [5, 5.41) is 0. The Balaban J connectivity index is 1.66. The van der Waals surface area contributed by atoms with Crippen LogP contribution in [0.15, 0.2) is 54.6 Å². The monoisotopic (exact) mass is 267 g/mol. The SMILES string of the molecule is O=C(Oc1ccccc1)N1CCc2ccccc2CC1. The molecule has 1 aliphatic rings. The van der Waals surface area contributed by atoms with Crippen molar-refractivity contribution in [3.8, 4) is 5.75 Å². The standard InChI is InChI=1S/C17H17NO2/c19-17(20-16-8-2-1-3-9-16)18-12-10-14-6-4-5-7-15(14)11-13-18/h1-9H,10-13H2. The van der Waals surface area contributed by atoms with Gasteiger partial charge in [-0.15, -0.1) is 0 Å². The molecule has 1 amide bonds. The van der Waals surface area contributed by atoms with Gasteiger partial charge in [0.05, 0.1) is 0 Å². The lowest BCUT2D eigenvalue weighted by atomic mass is 10.0. The zero-order valence-corrected chi connectivity index (χ0v) is 11.3. The van der Waals surface area contributed by atoms with E-state index in [0.29, 0.717) is 18.8 Å². The van der Waals surface area contributed by atoms with Crippen molar-refractivity contribution >= 4 is 6.09 Å². The molecule has 0 aromatic heterocycles. The van der Waals surface area contributed by atoms with Gasteiger partial charge in [-0.05, 0) is 36.1 Å². The van der Waals surface area contributed by atoms with Crippen LogP contribution in [0.1, 0.15) is 11.1 Å². The van der Waals surface area contributed by atoms with Crippen molar-refractivity contribution in [1.82, 2.24) is 4.90 Å². The average molecular weight is 267 g/mol. The highest BCUT2D eigenvalue weighted by atomic mass is 16.6. The van der Waals surface area contributed by atoms with Gasteiger partial charge >= 0.3 is 6.09 Å². The molecule has 0 saturated carbocycles. The Bertz CT molecular complexity index is 568. The van der Waals surface area contributed by atoms with E-state index in [9.17, 15) is 4.79 Å². The van der Waals surface area contributed by atoms with Gasteiger partial charge in [-0.2, -0.15) is 0 Å². The third-order valence-electron chi connectivity index (χ3n) is 3.63. The second-order valence-corrected chi connectivity index (χ2v) is 4.94. The molecule has 0 atom stereocenters. The smallest absolute Gasteiger partial charge is 0.410 e. The Morgan fingerprint density at radius 3 is 2.00 bits per heavy atom. The van der Waals surface area contributed by atoms with Crippen molar-refractivity contribution in [2.24, 2.45) is 0 Å². The van der Waals surface area contributed by atoms with E-state index in [1.54, 1.807) is 17.0 Å². The Morgan fingerprint density at radius 2 is 1.40 bits per heavy atom. The van der Waals surface area contributed by atoms with Crippen LogP contribution in [-0.4, -0.2) is 24.1 Å². The first kappa shape index (κ1) is 12.7. The molecule has 102 valence electrons. The second-order valence-electron chi connectivity index (χ2n) is 4.94. The highest BCUT2D eigenvalue weighted by Crippen LogP contribution is 2.17. The molecular formula is C17H17NO2.